The van der Waals surface area contributed by atoms with Crippen molar-refractivity contribution in [1.29, 1.82) is 0 Å². The van der Waals surface area contributed by atoms with Crippen LogP contribution in [0.3, 0.4) is 0 Å². The van der Waals surface area contributed by atoms with Gasteiger partial charge in [-0.3, -0.25) is 9.69 Å². The van der Waals surface area contributed by atoms with Crippen LogP contribution in [0.5, 0.6) is 0 Å². The van der Waals surface area contributed by atoms with E-state index in [1.54, 1.807) is 7.11 Å². The fraction of sp³-hybridized carbons (Fsp3) is 0.778. The fourth-order valence-electron chi connectivity index (χ4n) is 1.48. The molecular weight excluding hydrogens is 200 g/mol. The monoisotopic (exact) mass is 216 g/mol. The SMILES string of the molecule is COCCN1CCC(=O)NC(C(=O)O)C1. The van der Waals surface area contributed by atoms with Crippen LogP contribution in [0.15, 0.2) is 0 Å². The van der Waals surface area contributed by atoms with Gasteiger partial charge in [0, 0.05) is 33.2 Å². The Morgan fingerprint density at radius 3 is 3.07 bits per heavy atom. The van der Waals surface area contributed by atoms with Crippen LogP contribution in [-0.4, -0.2) is 61.3 Å². The minimum atomic E-state index is -0.993. The van der Waals surface area contributed by atoms with E-state index in [1.165, 1.54) is 0 Å². The van der Waals surface area contributed by atoms with Crippen molar-refractivity contribution in [3.05, 3.63) is 0 Å². The molecular formula is C9H16N2O4. The van der Waals surface area contributed by atoms with Crippen molar-refractivity contribution in [3.8, 4) is 0 Å². The second kappa shape index (κ2) is 5.67. The molecule has 1 atom stereocenters. The molecule has 0 bridgehead atoms. The summed E-state index contributed by atoms with van der Waals surface area (Å²) in [6, 6.07) is -0.808. The highest BCUT2D eigenvalue weighted by Gasteiger charge is 2.26. The van der Waals surface area contributed by atoms with E-state index in [0.717, 1.165) is 0 Å². The van der Waals surface area contributed by atoms with E-state index in [4.69, 9.17) is 9.84 Å². The van der Waals surface area contributed by atoms with Crippen molar-refractivity contribution < 1.29 is 19.4 Å². The van der Waals surface area contributed by atoms with Gasteiger partial charge in [-0.2, -0.15) is 0 Å². The molecule has 2 N–H and O–H groups in total. The third kappa shape index (κ3) is 3.85. The van der Waals surface area contributed by atoms with Gasteiger partial charge in [0.2, 0.25) is 5.91 Å². The van der Waals surface area contributed by atoms with Gasteiger partial charge in [-0.25, -0.2) is 4.79 Å². The first-order valence-corrected chi connectivity index (χ1v) is 4.87. The first kappa shape index (κ1) is 11.9. The first-order chi connectivity index (χ1) is 7.13. The third-order valence-corrected chi connectivity index (χ3v) is 2.34. The van der Waals surface area contributed by atoms with Crippen molar-refractivity contribution in [1.82, 2.24) is 10.2 Å². The number of carboxylic acids is 1. The molecule has 1 heterocycles. The van der Waals surface area contributed by atoms with Crippen LogP contribution in [0.2, 0.25) is 0 Å². The molecule has 86 valence electrons. The quantitative estimate of drug-likeness (QED) is 0.624. The number of methoxy groups -OCH3 is 1. The minimum absolute atomic E-state index is 0.206. The van der Waals surface area contributed by atoms with E-state index < -0.39 is 12.0 Å². The third-order valence-electron chi connectivity index (χ3n) is 2.34. The van der Waals surface area contributed by atoms with Crippen LogP contribution < -0.4 is 5.32 Å². The van der Waals surface area contributed by atoms with E-state index in [2.05, 4.69) is 5.32 Å². The molecule has 0 aliphatic carbocycles. The number of carbonyl (C=O) groups is 2. The van der Waals surface area contributed by atoms with Crippen molar-refractivity contribution in [2.75, 3.05) is 33.4 Å². The lowest BCUT2D eigenvalue weighted by molar-refractivity contribution is -0.141. The summed E-state index contributed by atoms with van der Waals surface area (Å²) in [6.45, 7) is 2.11. The number of carboxylic acid groups (broad SMARTS) is 1. The number of carbonyl (C=O) groups excluding carboxylic acids is 1. The lowest BCUT2D eigenvalue weighted by Gasteiger charge is -2.21. The summed E-state index contributed by atoms with van der Waals surface area (Å²) in [6.07, 6.45) is 0.341. The molecule has 0 saturated carbocycles. The summed E-state index contributed by atoms with van der Waals surface area (Å²) in [5, 5.41) is 11.3. The van der Waals surface area contributed by atoms with Crippen LogP contribution in [0, 0.1) is 0 Å². The smallest absolute Gasteiger partial charge is 0.327 e. The lowest BCUT2D eigenvalue weighted by Crippen LogP contribution is -2.45. The number of hydrogen-bond acceptors (Lipinski definition) is 4. The van der Waals surface area contributed by atoms with Crippen LogP contribution in [0.1, 0.15) is 6.42 Å². The maximum absolute atomic E-state index is 11.2. The van der Waals surface area contributed by atoms with Crippen LogP contribution >= 0.6 is 0 Å². The second-order valence-electron chi connectivity index (χ2n) is 3.50. The number of nitrogens with zero attached hydrogens (tertiary/aromatic N) is 1. The van der Waals surface area contributed by atoms with Gasteiger partial charge in [-0.15, -0.1) is 0 Å². The molecule has 0 spiro atoms. The molecule has 0 aromatic heterocycles. The molecule has 1 rings (SSSR count). The molecule has 0 aromatic rings. The average molecular weight is 216 g/mol. The Kier molecular flexibility index (Phi) is 4.51. The van der Waals surface area contributed by atoms with Gasteiger partial charge in [0.1, 0.15) is 6.04 Å². The van der Waals surface area contributed by atoms with E-state index in [-0.39, 0.29) is 5.91 Å². The zero-order valence-electron chi connectivity index (χ0n) is 8.73. The summed E-state index contributed by atoms with van der Waals surface area (Å²) < 4.78 is 4.91. The highest BCUT2D eigenvalue weighted by Crippen LogP contribution is 2.01. The topological polar surface area (TPSA) is 78.9 Å². The molecule has 1 saturated heterocycles. The Balaban J connectivity index is 2.52. The molecule has 0 aromatic carbocycles. The molecule has 1 unspecified atom stereocenters. The minimum Gasteiger partial charge on any atom is -0.480 e. The van der Waals surface area contributed by atoms with E-state index in [9.17, 15) is 9.59 Å². The molecule has 1 aliphatic heterocycles. The normalized spacial score (nSPS) is 23.3. The number of nitrogens with one attached hydrogen (secondary N) is 1. The summed E-state index contributed by atoms with van der Waals surface area (Å²) in [7, 11) is 1.59. The summed E-state index contributed by atoms with van der Waals surface area (Å²) in [4.78, 5) is 23.9. The summed E-state index contributed by atoms with van der Waals surface area (Å²) in [5.41, 5.74) is 0. The number of amides is 1. The average Bonchev–Trinajstić information content (AvgIpc) is 2.37. The van der Waals surface area contributed by atoms with Crippen molar-refractivity contribution >= 4 is 11.9 Å². The Morgan fingerprint density at radius 2 is 2.47 bits per heavy atom. The first-order valence-electron chi connectivity index (χ1n) is 4.87. The van der Waals surface area contributed by atoms with Crippen molar-refractivity contribution in [2.45, 2.75) is 12.5 Å². The highest BCUT2D eigenvalue weighted by molar-refractivity contribution is 5.84. The van der Waals surface area contributed by atoms with Gasteiger partial charge in [0.25, 0.3) is 0 Å². The van der Waals surface area contributed by atoms with Crippen LogP contribution in [0.25, 0.3) is 0 Å². The highest BCUT2D eigenvalue weighted by atomic mass is 16.5. The van der Waals surface area contributed by atoms with Gasteiger partial charge in [0.15, 0.2) is 0 Å². The van der Waals surface area contributed by atoms with E-state index in [1.807, 2.05) is 4.90 Å². The summed E-state index contributed by atoms with van der Waals surface area (Å²) in [5.74, 6) is -1.20. The maximum Gasteiger partial charge on any atom is 0.327 e. The Morgan fingerprint density at radius 1 is 1.73 bits per heavy atom. The summed E-state index contributed by atoms with van der Waals surface area (Å²) >= 11 is 0. The zero-order chi connectivity index (χ0) is 11.3. The molecule has 0 radical (unpaired) electrons. The van der Waals surface area contributed by atoms with Gasteiger partial charge < -0.3 is 15.2 Å². The molecule has 6 heteroatoms. The zero-order valence-corrected chi connectivity index (χ0v) is 8.73. The fourth-order valence-corrected chi connectivity index (χ4v) is 1.48. The van der Waals surface area contributed by atoms with Crippen LogP contribution in [0.4, 0.5) is 0 Å². The molecule has 1 aliphatic rings. The van der Waals surface area contributed by atoms with Gasteiger partial charge >= 0.3 is 5.97 Å². The maximum atomic E-state index is 11.2. The number of ether oxygens (including phenoxy) is 1. The lowest BCUT2D eigenvalue weighted by atomic mass is 10.3. The Bertz CT molecular complexity index is 244. The van der Waals surface area contributed by atoms with Gasteiger partial charge in [-0.1, -0.05) is 0 Å². The molecule has 15 heavy (non-hydrogen) atoms. The largest absolute Gasteiger partial charge is 0.480 e. The predicted molar refractivity (Wildman–Crippen MR) is 52.5 cm³/mol. The molecule has 1 fully saturated rings. The second-order valence-corrected chi connectivity index (χ2v) is 3.50. The van der Waals surface area contributed by atoms with Crippen LogP contribution in [-0.2, 0) is 14.3 Å². The Labute approximate surface area is 88.2 Å². The standard InChI is InChI=1S/C9H16N2O4/c1-15-5-4-11-3-2-8(12)10-7(6-11)9(13)14/h7H,2-6H2,1H3,(H,10,12)(H,13,14). The van der Waals surface area contributed by atoms with Gasteiger partial charge in [0.05, 0.1) is 6.61 Å². The predicted octanol–water partition coefficient (Wildman–Crippen LogP) is -1.09. The van der Waals surface area contributed by atoms with Crippen molar-refractivity contribution in [2.24, 2.45) is 0 Å². The Hall–Kier alpha value is -1.14. The molecule has 1 amide bonds. The van der Waals surface area contributed by atoms with Crippen molar-refractivity contribution in [3.63, 3.8) is 0 Å². The number of hydrogen-bond donors (Lipinski definition) is 2. The number of aliphatic carboxylic acids is 1. The van der Waals surface area contributed by atoms with Gasteiger partial charge in [-0.05, 0) is 0 Å². The molecule has 6 nitrogen and oxygen atoms in total. The number of rotatable bonds is 4. The van der Waals surface area contributed by atoms with E-state index in [0.29, 0.717) is 32.7 Å². The van der Waals surface area contributed by atoms with E-state index >= 15 is 0 Å².